The standard InChI is InChI=1S/C35H40F5N3O7/c36-30-31(37)33(39)35(34(40)32(30)38)50-29(45)12-14-46-16-18-48-20-21-49-19-17-47-15-13-42-23-27(43-41)7-2-1-4-24-5-3-6-26(22-24)25-8-10-28(44)11-9-25/h3,5-6,8-11,22-23,44H,1-2,4,7,12-21,41H2/b42-23?,43-27-. The Bertz CT molecular complexity index is 1530. The van der Waals surface area contributed by atoms with Crippen molar-refractivity contribution in [3.05, 3.63) is 83.2 Å². The van der Waals surface area contributed by atoms with Crippen LogP contribution in [-0.4, -0.2) is 82.4 Å². The number of aryl methyl sites for hydroxylation is 1. The maximum absolute atomic E-state index is 13.6. The summed E-state index contributed by atoms with van der Waals surface area (Å²) < 4.78 is 92.1. The van der Waals surface area contributed by atoms with Crippen LogP contribution in [0.3, 0.4) is 0 Å². The number of unbranched alkanes of at least 4 members (excludes halogenated alkanes) is 1. The van der Waals surface area contributed by atoms with Crippen LogP contribution in [-0.2, 0) is 30.2 Å². The summed E-state index contributed by atoms with van der Waals surface area (Å²) >= 11 is 0. The first-order chi connectivity index (χ1) is 24.2. The quantitative estimate of drug-likeness (QED) is 0.0143. The van der Waals surface area contributed by atoms with Crippen molar-refractivity contribution in [2.24, 2.45) is 15.9 Å². The zero-order valence-corrected chi connectivity index (χ0v) is 27.4. The van der Waals surface area contributed by atoms with Gasteiger partial charge in [0.2, 0.25) is 34.8 Å². The van der Waals surface area contributed by atoms with E-state index >= 15 is 0 Å². The van der Waals surface area contributed by atoms with E-state index in [1.54, 1.807) is 18.3 Å². The lowest BCUT2D eigenvalue weighted by atomic mass is 10.00. The molecule has 0 amide bonds. The Hall–Kier alpha value is -4.44. The van der Waals surface area contributed by atoms with Crippen LogP contribution in [0.5, 0.6) is 11.5 Å². The maximum Gasteiger partial charge on any atom is 0.313 e. The fraction of sp³-hybridized carbons (Fsp3) is 0.400. The molecule has 272 valence electrons. The van der Waals surface area contributed by atoms with Crippen LogP contribution in [0.25, 0.3) is 11.1 Å². The summed E-state index contributed by atoms with van der Waals surface area (Å²) in [5.74, 6) is -8.38. The molecule has 0 aromatic heterocycles. The first kappa shape index (κ1) is 40.0. The molecule has 0 aliphatic rings. The first-order valence-corrected chi connectivity index (χ1v) is 15.9. The first-order valence-electron chi connectivity index (χ1n) is 15.9. The summed E-state index contributed by atoms with van der Waals surface area (Å²) in [7, 11) is 0. The van der Waals surface area contributed by atoms with Crippen LogP contribution >= 0.6 is 0 Å². The lowest BCUT2D eigenvalue weighted by molar-refractivity contribution is -0.136. The van der Waals surface area contributed by atoms with Crippen LogP contribution < -0.4 is 10.6 Å². The second-order valence-corrected chi connectivity index (χ2v) is 10.7. The third kappa shape index (κ3) is 13.8. The van der Waals surface area contributed by atoms with Crippen LogP contribution in [0, 0.1) is 29.1 Å². The number of halogens is 5. The smallest absolute Gasteiger partial charge is 0.313 e. The molecule has 0 bridgehead atoms. The predicted octanol–water partition coefficient (Wildman–Crippen LogP) is 5.92. The molecule has 0 unspecified atom stereocenters. The number of phenols is 1. The number of carbonyl (C=O) groups excluding carboxylic acids is 1. The van der Waals surface area contributed by atoms with Crippen molar-refractivity contribution in [3.63, 3.8) is 0 Å². The molecule has 3 aromatic rings. The number of nitrogens with two attached hydrogens (primary N) is 1. The van der Waals surface area contributed by atoms with Gasteiger partial charge in [0.25, 0.3) is 0 Å². The van der Waals surface area contributed by atoms with Crippen molar-refractivity contribution in [1.82, 2.24) is 0 Å². The van der Waals surface area contributed by atoms with Gasteiger partial charge < -0.3 is 34.6 Å². The molecule has 3 aromatic carbocycles. The van der Waals surface area contributed by atoms with Crippen LogP contribution in [0.4, 0.5) is 22.0 Å². The highest BCUT2D eigenvalue weighted by Crippen LogP contribution is 2.29. The molecular weight excluding hydrogens is 669 g/mol. The van der Waals surface area contributed by atoms with Crippen molar-refractivity contribution in [2.45, 2.75) is 32.1 Å². The lowest BCUT2D eigenvalue weighted by Crippen LogP contribution is -2.16. The molecule has 0 spiro atoms. The van der Waals surface area contributed by atoms with Crippen LogP contribution in [0.15, 0.2) is 58.6 Å². The number of phenolic OH excluding ortho intramolecular Hbond substituents is 1. The van der Waals surface area contributed by atoms with Gasteiger partial charge in [-0.05, 0) is 54.5 Å². The number of rotatable bonds is 23. The van der Waals surface area contributed by atoms with Crippen molar-refractivity contribution in [3.8, 4) is 22.6 Å². The molecule has 0 aliphatic carbocycles. The fourth-order valence-electron chi connectivity index (χ4n) is 4.40. The van der Waals surface area contributed by atoms with Gasteiger partial charge in [-0.1, -0.05) is 36.4 Å². The van der Waals surface area contributed by atoms with E-state index in [9.17, 15) is 31.9 Å². The van der Waals surface area contributed by atoms with Gasteiger partial charge in [-0.25, -0.2) is 13.2 Å². The van der Waals surface area contributed by atoms with Gasteiger partial charge in [0.15, 0.2) is 0 Å². The summed E-state index contributed by atoms with van der Waals surface area (Å²) in [6.07, 6.45) is 4.69. The monoisotopic (exact) mass is 709 g/mol. The summed E-state index contributed by atoms with van der Waals surface area (Å²) in [4.78, 5) is 16.0. The minimum absolute atomic E-state index is 0.0769. The average molecular weight is 710 g/mol. The predicted molar refractivity (Wildman–Crippen MR) is 176 cm³/mol. The number of benzene rings is 3. The van der Waals surface area contributed by atoms with Crippen molar-refractivity contribution in [1.29, 1.82) is 0 Å². The summed E-state index contributed by atoms with van der Waals surface area (Å²) in [5, 5.41) is 13.3. The molecule has 3 N–H and O–H groups in total. The molecule has 10 nitrogen and oxygen atoms in total. The minimum atomic E-state index is -2.35. The van der Waals surface area contributed by atoms with Gasteiger partial charge in [0.1, 0.15) is 5.75 Å². The lowest BCUT2D eigenvalue weighted by Gasteiger charge is -2.09. The van der Waals surface area contributed by atoms with Crippen molar-refractivity contribution < 1.29 is 55.5 Å². The van der Waals surface area contributed by atoms with Gasteiger partial charge in [-0.2, -0.15) is 13.9 Å². The Morgan fingerprint density at radius 2 is 1.28 bits per heavy atom. The molecule has 15 heteroatoms. The molecule has 50 heavy (non-hydrogen) atoms. The molecule has 3 rings (SSSR count). The van der Waals surface area contributed by atoms with E-state index in [0.717, 1.165) is 30.4 Å². The second kappa shape index (κ2) is 22.3. The fourth-order valence-corrected chi connectivity index (χ4v) is 4.40. The topological polar surface area (TPSA) is 134 Å². The van der Waals surface area contributed by atoms with E-state index in [4.69, 9.17) is 24.8 Å². The molecule has 0 aliphatic heterocycles. The highest BCUT2D eigenvalue weighted by molar-refractivity contribution is 6.30. The molecule has 0 radical (unpaired) electrons. The number of hydrazone groups is 1. The SMILES string of the molecule is N/N=C(\C=NCCOCCOCCOCCOCCC(=O)Oc1c(F)c(F)c(F)c(F)c1F)CCCCc1cccc(-c2ccc(O)cc2)c1. The van der Waals surface area contributed by atoms with Crippen molar-refractivity contribution in [2.75, 3.05) is 59.4 Å². The minimum Gasteiger partial charge on any atom is -0.508 e. The zero-order chi connectivity index (χ0) is 36.1. The van der Waals surface area contributed by atoms with Gasteiger partial charge in [-0.3, -0.25) is 9.79 Å². The maximum atomic E-state index is 13.6. The highest BCUT2D eigenvalue weighted by Gasteiger charge is 2.28. The normalized spacial score (nSPS) is 11.8. The summed E-state index contributed by atoms with van der Waals surface area (Å²) in [6.45, 7) is 2.14. The molecule has 0 saturated carbocycles. The Balaban J connectivity index is 1.12. The molecule has 0 fully saturated rings. The Kier molecular flexibility index (Phi) is 17.8. The van der Waals surface area contributed by atoms with E-state index in [-0.39, 0.29) is 32.2 Å². The highest BCUT2D eigenvalue weighted by atomic mass is 19.2. The molecule has 0 atom stereocenters. The summed E-state index contributed by atoms with van der Waals surface area (Å²) in [5.41, 5.74) is 4.11. The molecule has 0 saturated heterocycles. The molecule has 0 heterocycles. The zero-order valence-electron chi connectivity index (χ0n) is 27.4. The Morgan fingerprint density at radius 1 is 0.700 bits per heavy atom. The third-order valence-corrected chi connectivity index (χ3v) is 7.00. The average Bonchev–Trinajstić information content (AvgIpc) is 3.12. The van der Waals surface area contributed by atoms with E-state index in [1.807, 2.05) is 18.2 Å². The second-order valence-electron chi connectivity index (χ2n) is 10.7. The largest absolute Gasteiger partial charge is 0.508 e. The Morgan fingerprint density at radius 3 is 1.90 bits per heavy atom. The molecular formula is C35H40F5N3O7. The van der Waals surface area contributed by atoms with Gasteiger partial charge >= 0.3 is 5.97 Å². The number of carbonyl (C=O) groups is 1. The number of nitrogens with zero attached hydrogens (tertiary/aromatic N) is 2. The number of aliphatic imine (C=N–C) groups is 1. The van der Waals surface area contributed by atoms with Crippen LogP contribution in [0.2, 0.25) is 0 Å². The summed E-state index contributed by atoms with van der Waals surface area (Å²) in [6, 6.07) is 15.5. The number of aromatic hydroxyl groups is 1. The number of esters is 1. The Labute approximate surface area is 286 Å². The van der Waals surface area contributed by atoms with Gasteiger partial charge in [-0.15, -0.1) is 0 Å². The van der Waals surface area contributed by atoms with E-state index in [2.05, 4.69) is 33.0 Å². The van der Waals surface area contributed by atoms with E-state index in [1.165, 1.54) is 5.56 Å². The van der Waals surface area contributed by atoms with Crippen molar-refractivity contribution >= 4 is 17.9 Å². The number of hydrogen-bond acceptors (Lipinski definition) is 10. The number of ether oxygens (including phenoxy) is 5. The van der Waals surface area contributed by atoms with Crippen LogP contribution in [0.1, 0.15) is 31.2 Å². The van der Waals surface area contributed by atoms with E-state index < -0.39 is 47.2 Å². The van der Waals surface area contributed by atoms with Gasteiger partial charge in [0.05, 0.1) is 71.5 Å². The van der Waals surface area contributed by atoms with E-state index in [0.29, 0.717) is 45.1 Å². The number of hydrogen-bond donors (Lipinski definition) is 2. The van der Waals surface area contributed by atoms with Gasteiger partial charge in [0, 0.05) is 6.21 Å². The third-order valence-electron chi connectivity index (χ3n) is 7.00.